The van der Waals surface area contributed by atoms with Gasteiger partial charge in [0.15, 0.2) is 0 Å². The van der Waals surface area contributed by atoms with Gasteiger partial charge in [0, 0.05) is 6.08 Å². The Morgan fingerprint density at radius 1 is 1.18 bits per heavy atom. The van der Waals surface area contributed by atoms with E-state index in [0.29, 0.717) is 0 Å². The number of alkyl halides is 3. The van der Waals surface area contributed by atoms with E-state index in [1.165, 1.54) is 0 Å². The lowest BCUT2D eigenvalue weighted by Gasteiger charge is -2.03. The molecule has 0 atom stereocenters. The molecule has 0 aliphatic carbocycles. The standard InChI is InChI=1S/C12H13F3O2/c1-16-11-5-3-10(4-6-11)9-17-8-2-7-12(13,14)15/h2-7H,8-9H2,1H3/b7-2-. The van der Waals surface area contributed by atoms with E-state index in [0.717, 1.165) is 17.4 Å². The van der Waals surface area contributed by atoms with Crippen molar-refractivity contribution in [3.63, 3.8) is 0 Å². The summed E-state index contributed by atoms with van der Waals surface area (Å²) in [6, 6.07) is 7.13. The van der Waals surface area contributed by atoms with Crippen molar-refractivity contribution < 1.29 is 22.6 Å². The molecule has 0 unspecified atom stereocenters. The molecular weight excluding hydrogens is 233 g/mol. The molecule has 0 heterocycles. The molecule has 1 aromatic carbocycles. The van der Waals surface area contributed by atoms with Gasteiger partial charge in [0.05, 0.1) is 20.3 Å². The number of hydrogen-bond acceptors (Lipinski definition) is 2. The van der Waals surface area contributed by atoms with Crippen molar-refractivity contribution in [3.8, 4) is 5.75 Å². The van der Waals surface area contributed by atoms with Crippen LogP contribution in [0, 0.1) is 0 Å². The summed E-state index contributed by atoms with van der Waals surface area (Å²) in [5, 5.41) is 0. The van der Waals surface area contributed by atoms with Crippen LogP contribution in [0.2, 0.25) is 0 Å². The predicted molar refractivity (Wildman–Crippen MR) is 57.8 cm³/mol. The molecular formula is C12H13F3O2. The van der Waals surface area contributed by atoms with Gasteiger partial charge in [0.1, 0.15) is 5.75 Å². The Hall–Kier alpha value is -1.49. The molecule has 0 amide bonds. The summed E-state index contributed by atoms with van der Waals surface area (Å²) < 4.78 is 45.2. The van der Waals surface area contributed by atoms with Gasteiger partial charge in [-0.05, 0) is 17.7 Å². The van der Waals surface area contributed by atoms with Crippen LogP contribution in [0.15, 0.2) is 36.4 Å². The lowest BCUT2D eigenvalue weighted by molar-refractivity contribution is -0.0803. The highest BCUT2D eigenvalue weighted by Crippen LogP contribution is 2.16. The number of allylic oxidation sites excluding steroid dienone is 1. The van der Waals surface area contributed by atoms with Crippen LogP contribution in [-0.2, 0) is 11.3 Å². The summed E-state index contributed by atoms with van der Waals surface area (Å²) >= 11 is 0. The highest BCUT2D eigenvalue weighted by Gasteiger charge is 2.21. The first-order valence-electron chi connectivity index (χ1n) is 4.96. The average Bonchev–Trinajstić information content (AvgIpc) is 2.28. The Morgan fingerprint density at radius 2 is 1.82 bits per heavy atom. The summed E-state index contributed by atoms with van der Waals surface area (Å²) in [7, 11) is 1.56. The Morgan fingerprint density at radius 3 is 2.35 bits per heavy atom. The maximum Gasteiger partial charge on any atom is 0.409 e. The van der Waals surface area contributed by atoms with Crippen LogP contribution in [0.1, 0.15) is 5.56 Å². The van der Waals surface area contributed by atoms with Gasteiger partial charge < -0.3 is 9.47 Å². The third-order valence-electron chi connectivity index (χ3n) is 1.95. The van der Waals surface area contributed by atoms with Crippen molar-refractivity contribution in [1.29, 1.82) is 0 Å². The van der Waals surface area contributed by atoms with Crippen molar-refractivity contribution in [3.05, 3.63) is 42.0 Å². The fraction of sp³-hybridized carbons (Fsp3) is 0.333. The quantitative estimate of drug-likeness (QED) is 0.586. The summed E-state index contributed by atoms with van der Waals surface area (Å²) in [5.74, 6) is 0.728. The molecule has 0 spiro atoms. The molecule has 0 saturated heterocycles. The lowest BCUT2D eigenvalue weighted by atomic mass is 10.2. The Kier molecular flexibility index (Phi) is 5.03. The molecule has 0 fully saturated rings. The van der Waals surface area contributed by atoms with E-state index in [4.69, 9.17) is 9.47 Å². The zero-order chi connectivity index (χ0) is 12.7. The van der Waals surface area contributed by atoms with Crippen LogP contribution in [0.5, 0.6) is 5.75 Å². The number of ether oxygens (including phenoxy) is 2. The zero-order valence-electron chi connectivity index (χ0n) is 9.33. The number of methoxy groups -OCH3 is 1. The van der Waals surface area contributed by atoms with E-state index in [-0.39, 0.29) is 19.3 Å². The second-order valence-electron chi connectivity index (χ2n) is 3.31. The van der Waals surface area contributed by atoms with Crippen LogP contribution >= 0.6 is 0 Å². The number of benzene rings is 1. The maximum atomic E-state index is 11.7. The van der Waals surface area contributed by atoms with Gasteiger partial charge in [0.2, 0.25) is 0 Å². The lowest BCUT2D eigenvalue weighted by Crippen LogP contribution is -2.02. The maximum absolute atomic E-state index is 11.7. The molecule has 0 radical (unpaired) electrons. The van der Waals surface area contributed by atoms with Gasteiger partial charge in [-0.15, -0.1) is 0 Å². The fourth-order valence-electron chi connectivity index (χ4n) is 1.15. The first-order valence-corrected chi connectivity index (χ1v) is 4.96. The first kappa shape index (κ1) is 13.6. The van der Waals surface area contributed by atoms with E-state index < -0.39 is 6.18 Å². The molecule has 0 aromatic heterocycles. The number of halogens is 3. The second-order valence-corrected chi connectivity index (χ2v) is 3.31. The molecule has 1 aromatic rings. The third kappa shape index (κ3) is 5.97. The van der Waals surface area contributed by atoms with Crippen molar-refractivity contribution >= 4 is 0 Å². The summed E-state index contributed by atoms with van der Waals surface area (Å²) in [5.41, 5.74) is 0.881. The molecule has 5 heteroatoms. The minimum Gasteiger partial charge on any atom is -0.497 e. The highest BCUT2D eigenvalue weighted by atomic mass is 19.4. The van der Waals surface area contributed by atoms with Crippen LogP contribution in [0.25, 0.3) is 0 Å². The Labute approximate surface area is 97.7 Å². The predicted octanol–water partition coefficient (Wildman–Crippen LogP) is 3.33. The second kappa shape index (κ2) is 6.30. The monoisotopic (exact) mass is 246 g/mol. The minimum atomic E-state index is -4.27. The normalized spacial score (nSPS) is 12.0. The van der Waals surface area contributed by atoms with Crippen LogP contribution in [0.4, 0.5) is 13.2 Å². The highest BCUT2D eigenvalue weighted by molar-refractivity contribution is 5.26. The van der Waals surface area contributed by atoms with Gasteiger partial charge >= 0.3 is 6.18 Å². The molecule has 2 nitrogen and oxygen atoms in total. The fourth-order valence-corrected chi connectivity index (χ4v) is 1.15. The van der Waals surface area contributed by atoms with Crippen molar-refractivity contribution in [2.24, 2.45) is 0 Å². The first-order chi connectivity index (χ1) is 8.01. The molecule has 94 valence electrons. The molecule has 0 saturated carbocycles. The summed E-state index contributed by atoms with van der Waals surface area (Å²) in [6.45, 7) is 0.206. The SMILES string of the molecule is COc1ccc(COC/C=C\C(F)(F)F)cc1. The average molecular weight is 246 g/mol. The van der Waals surface area contributed by atoms with Crippen LogP contribution in [0.3, 0.4) is 0 Å². The molecule has 0 aliphatic heterocycles. The largest absolute Gasteiger partial charge is 0.497 e. The third-order valence-corrected chi connectivity index (χ3v) is 1.95. The van der Waals surface area contributed by atoms with E-state index in [2.05, 4.69) is 0 Å². The van der Waals surface area contributed by atoms with Crippen molar-refractivity contribution in [1.82, 2.24) is 0 Å². The van der Waals surface area contributed by atoms with Gasteiger partial charge in [-0.1, -0.05) is 18.2 Å². The Balaban J connectivity index is 2.29. The molecule has 17 heavy (non-hydrogen) atoms. The van der Waals surface area contributed by atoms with E-state index in [1.807, 2.05) is 0 Å². The van der Waals surface area contributed by atoms with Crippen molar-refractivity contribution in [2.75, 3.05) is 13.7 Å². The Bertz CT molecular complexity index is 355. The van der Waals surface area contributed by atoms with Gasteiger partial charge in [-0.2, -0.15) is 13.2 Å². The molecule has 0 N–H and O–H groups in total. The number of rotatable bonds is 5. The van der Waals surface area contributed by atoms with Crippen LogP contribution in [-0.4, -0.2) is 19.9 Å². The summed E-state index contributed by atoms with van der Waals surface area (Å²) in [4.78, 5) is 0. The van der Waals surface area contributed by atoms with Crippen molar-refractivity contribution in [2.45, 2.75) is 12.8 Å². The number of hydrogen-bond donors (Lipinski definition) is 0. The molecule has 0 aliphatic rings. The zero-order valence-corrected chi connectivity index (χ0v) is 9.33. The summed E-state index contributed by atoms with van der Waals surface area (Å²) in [6.07, 6.45) is -3.16. The smallest absolute Gasteiger partial charge is 0.409 e. The molecule has 1 rings (SSSR count). The minimum absolute atomic E-state index is 0.0639. The molecule has 0 bridgehead atoms. The van der Waals surface area contributed by atoms with Gasteiger partial charge in [0.25, 0.3) is 0 Å². The van der Waals surface area contributed by atoms with Gasteiger partial charge in [-0.25, -0.2) is 0 Å². The van der Waals surface area contributed by atoms with E-state index in [1.54, 1.807) is 31.4 Å². The van der Waals surface area contributed by atoms with E-state index in [9.17, 15) is 13.2 Å². The topological polar surface area (TPSA) is 18.5 Å². The van der Waals surface area contributed by atoms with Gasteiger partial charge in [-0.3, -0.25) is 0 Å². The van der Waals surface area contributed by atoms with E-state index >= 15 is 0 Å². The van der Waals surface area contributed by atoms with Crippen LogP contribution < -0.4 is 4.74 Å².